The second-order valence-corrected chi connectivity index (χ2v) is 2.76. The second-order valence-electron chi connectivity index (χ2n) is 2.76. The van der Waals surface area contributed by atoms with Gasteiger partial charge >= 0.3 is 6.18 Å². The number of halogens is 3. The van der Waals surface area contributed by atoms with Crippen molar-refractivity contribution in [1.29, 1.82) is 0 Å². The summed E-state index contributed by atoms with van der Waals surface area (Å²) < 4.78 is 35.1. The van der Waals surface area contributed by atoms with E-state index in [0.717, 1.165) is 5.57 Å². The van der Waals surface area contributed by atoms with Gasteiger partial charge < -0.3 is 0 Å². The molecule has 1 aliphatic carbocycles. The van der Waals surface area contributed by atoms with Crippen LogP contribution < -0.4 is 0 Å². The van der Waals surface area contributed by atoms with Gasteiger partial charge in [0.25, 0.3) is 0 Å². The van der Waals surface area contributed by atoms with Crippen LogP contribution in [0.4, 0.5) is 13.2 Å². The van der Waals surface area contributed by atoms with Gasteiger partial charge in [-0.25, -0.2) is 0 Å². The van der Waals surface area contributed by atoms with E-state index >= 15 is 0 Å². The van der Waals surface area contributed by atoms with E-state index in [4.69, 9.17) is 0 Å². The van der Waals surface area contributed by atoms with Crippen LogP contribution in [0, 0.1) is 6.42 Å². The molecule has 0 N–H and O–H groups in total. The lowest BCUT2D eigenvalue weighted by Gasteiger charge is -2.04. The van der Waals surface area contributed by atoms with Gasteiger partial charge in [0.1, 0.15) is 0 Å². The Labute approximate surface area is 69.8 Å². The molecule has 0 aromatic heterocycles. The van der Waals surface area contributed by atoms with Crippen molar-refractivity contribution in [3.05, 3.63) is 30.2 Å². The number of alkyl halides is 3. The first-order valence-electron chi connectivity index (χ1n) is 3.85. The van der Waals surface area contributed by atoms with E-state index in [1.165, 1.54) is 0 Å². The van der Waals surface area contributed by atoms with E-state index in [1.54, 1.807) is 0 Å². The molecule has 0 aliphatic heterocycles. The molecule has 0 heterocycles. The minimum atomic E-state index is -4.01. The Balaban J connectivity index is 2.14. The van der Waals surface area contributed by atoms with Gasteiger partial charge in [0.15, 0.2) is 0 Å². The van der Waals surface area contributed by atoms with Crippen molar-refractivity contribution >= 4 is 0 Å². The highest BCUT2D eigenvalue weighted by Gasteiger charge is 2.25. The number of hydrogen-bond donors (Lipinski definition) is 0. The molecule has 0 saturated carbocycles. The first-order valence-corrected chi connectivity index (χ1v) is 3.85. The average molecular weight is 175 g/mol. The van der Waals surface area contributed by atoms with Crippen molar-refractivity contribution in [3.63, 3.8) is 0 Å². The molecule has 0 saturated heterocycles. The van der Waals surface area contributed by atoms with Gasteiger partial charge in [-0.15, -0.1) is 0 Å². The zero-order valence-corrected chi connectivity index (χ0v) is 6.56. The maximum Gasteiger partial charge on any atom is 0.389 e. The molecule has 0 amide bonds. The predicted molar refractivity (Wildman–Crippen MR) is 41.4 cm³/mol. The van der Waals surface area contributed by atoms with Crippen LogP contribution in [-0.4, -0.2) is 6.18 Å². The summed E-state index contributed by atoms with van der Waals surface area (Å²) in [5.74, 6) is 0. The monoisotopic (exact) mass is 175 g/mol. The van der Waals surface area contributed by atoms with E-state index in [-0.39, 0.29) is 6.42 Å². The summed E-state index contributed by atoms with van der Waals surface area (Å²) in [6, 6.07) is 0. The number of allylic oxidation sites excluding steroid dienone is 4. The molecule has 1 aliphatic rings. The summed E-state index contributed by atoms with van der Waals surface area (Å²) in [5.41, 5.74) is 0.985. The van der Waals surface area contributed by atoms with Crippen molar-refractivity contribution in [2.45, 2.75) is 25.4 Å². The van der Waals surface area contributed by atoms with E-state index in [9.17, 15) is 13.2 Å². The molecular weight excluding hydrogens is 165 g/mol. The molecule has 0 aromatic carbocycles. The lowest BCUT2D eigenvalue weighted by Crippen LogP contribution is -2.06. The molecule has 1 radical (unpaired) electrons. The van der Waals surface area contributed by atoms with Crippen LogP contribution in [0.5, 0.6) is 0 Å². The summed E-state index contributed by atoms with van der Waals surface area (Å²) in [5, 5.41) is 0. The maximum atomic E-state index is 11.7. The van der Waals surface area contributed by atoms with E-state index in [2.05, 4.69) is 0 Å². The summed E-state index contributed by atoms with van der Waals surface area (Å²) in [7, 11) is 0. The third-order valence-electron chi connectivity index (χ3n) is 1.66. The molecule has 67 valence electrons. The summed E-state index contributed by atoms with van der Waals surface area (Å²) in [4.78, 5) is 0. The molecule has 0 unspecified atom stereocenters. The topological polar surface area (TPSA) is 0 Å². The van der Waals surface area contributed by atoms with Gasteiger partial charge in [-0.05, 0) is 12.8 Å². The van der Waals surface area contributed by atoms with E-state index in [1.807, 2.05) is 24.6 Å². The van der Waals surface area contributed by atoms with Gasteiger partial charge in [0.2, 0.25) is 0 Å². The SMILES string of the molecule is FC(F)(F)CCCC1=C[CH]C=C1. The highest BCUT2D eigenvalue weighted by Crippen LogP contribution is 2.24. The van der Waals surface area contributed by atoms with Crippen molar-refractivity contribution in [2.24, 2.45) is 0 Å². The normalized spacial score (nSPS) is 16.8. The standard InChI is InChI=1S/C9H10F3/c10-9(11,12)7-3-6-8-4-1-2-5-8/h1-2,4-5H,3,6-7H2. The fourth-order valence-electron chi connectivity index (χ4n) is 1.07. The van der Waals surface area contributed by atoms with Crippen LogP contribution in [-0.2, 0) is 0 Å². The van der Waals surface area contributed by atoms with Crippen LogP contribution in [0.15, 0.2) is 23.8 Å². The summed E-state index contributed by atoms with van der Waals surface area (Å²) >= 11 is 0. The Morgan fingerprint density at radius 2 is 2.00 bits per heavy atom. The molecule has 12 heavy (non-hydrogen) atoms. The number of hydrogen-bond acceptors (Lipinski definition) is 0. The Kier molecular flexibility index (Phi) is 2.95. The minimum absolute atomic E-state index is 0.188. The van der Waals surface area contributed by atoms with Gasteiger partial charge in [0, 0.05) is 12.8 Å². The lowest BCUT2D eigenvalue weighted by molar-refractivity contribution is -0.135. The first-order chi connectivity index (χ1) is 5.58. The smallest absolute Gasteiger partial charge is 0.171 e. The molecule has 0 fully saturated rings. The third-order valence-corrected chi connectivity index (χ3v) is 1.66. The van der Waals surface area contributed by atoms with Crippen molar-refractivity contribution in [1.82, 2.24) is 0 Å². The maximum absolute atomic E-state index is 11.7. The molecule has 0 bridgehead atoms. The van der Waals surface area contributed by atoms with Crippen LogP contribution >= 0.6 is 0 Å². The summed E-state index contributed by atoms with van der Waals surface area (Å²) in [6.07, 6.45) is 3.38. The van der Waals surface area contributed by atoms with E-state index in [0.29, 0.717) is 6.42 Å². The molecule has 3 heteroatoms. The number of rotatable bonds is 3. The van der Waals surface area contributed by atoms with Crippen LogP contribution in [0.2, 0.25) is 0 Å². The summed E-state index contributed by atoms with van der Waals surface area (Å²) in [6.45, 7) is 0. The molecule has 0 nitrogen and oxygen atoms in total. The Morgan fingerprint density at radius 1 is 1.25 bits per heavy atom. The highest BCUT2D eigenvalue weighted by atomic mass is 19.4. The zero-order chi connectivity index (χ0) is 9.03. The molecule has 0 atom stereocenters. The van der Waals surface area contributed by atoms with Crippen LogP contribution in [0.3, 0.4) is 0 Å². The van der Waals surface area contributed by atoms with Gasteiger partial charge in [-0.2, -0.15) is 13.2 Å². The Hall–Kier alpha value is -0.730. The molecule has 0 spiro atoms. The van der Waals surface area contributed by atoms with Gasteiger partial charge in [-0.3, -0.25) is 0 Å². The molecule has 1 rings (SSSR count). The fourth-order valence-corrected chi connectivity index (χ4v) is 1.07. The third kappa shape index (κ3) is 3.60. The lowest BCUT2D eigenvalue weighted by atomic mass is 10.1. The quantitative estimate of drug-likeness (QED) is 0.616. The fraction of sp³-hybridized carbons (Fsp3) is 0.444. The predicted octanol–water partition coefficient (Wildman–Crippen LogP) is 3.42. The van der Waals surface area contributed by atoms with Gasteiger partial charge in [-0.1, -0.05) is 23.8 Å². The van der Waals surface area contributed by atoms with Crippen molar-refractivity contribution < 1.29 is 13.2 Å². The van der Waals surface area contributed by atoms with Gasteiger partial charge in [0.05, 0.1) is 0 Å². The van der Waals surface area contributed by atoms with E-state index < -0.39 is 12.6 Å². The average Bonchev–Trinajstić information content (AvgIpc) is 2.36. The Morgan fingerprint density at radius 3 is 2.50 bits per heavy atom. The Bertz CT molecular complexity index is 198. The van der Waals surface area contributed by atoms with Crippen LogP contribution in [0.25, 0.3) is 0 Å². The zero-order valence-electron chi connectivity index (χ0n) is 6.56. The van der Waals surface area contributed by atoms with Crippen molar-refractivity contribution in [2.75, 3.05) is 0 Å². The minimum Gasteiger partial charge on any atom is -0.171 e. The second kappa shape index (κ2) is 3.78. The van der Waals surface area contributed by atoms with Crippen molar-refractivity contribution in [3.8, 4) is 0 Å². The first kappa shape index (κ1) is 9.36. The largest absolute Gasteiger partial charge is 0.389 e. The molecular formula is C9H10F3. The van der Waals surface area contributed by atoms with Crippen LogP contribution in [0.1, 0.15) is 19.3 Å². The molecule has 0 aromatic rings. The highest BCUT2D eigenvalue weighted by molar-refractivity contribution is 5.33.